The molecule has 0 aliphatic rings. The second-order valence-corrected chi connectivity index (χ2v) is 6.52. The normalized spacial score (nSPS) is 11.2. The van der Waals surface area contributed by atoms with Gasteiger partial charge in [-0.2, -0.15) is 18.4 Å². The number of carbonyl (C=O) groups excluding carboxylic acids is 1. The van der Waals surface area contributed by atoms with Gasteiger partial charge in [-0.25, -0.2) is 4.79 Å². The first kappa shape index (κ1) is 20.1. The van der Waals surface area contributed by atoms with Crippen molar-refractivity contribution in [1.82, 2.24) is 20.6 Å². The van der Waals surface area contributed by atoms with Gasteiger partial charge in [0.2, 0.25) is 5.82 Å². The molecule has 0 saturated carbocycles. The van der Waals surface area contributed by atoms with E-state index in [1.165, 1.54) is 12.1 Å². The Labute approximate surface area is 174 Å². The third kappa shape index (κ3) is 4.69. The van der Waals surface area contributed by atoms with Gasteiger partial charge in [-0.3, -0.25) is 0 Å². The van der Waals surface area contributed by atoms with Gasteiger partial charge in [0.05, 0.1) is 11.3 Å². The first-order valence-electron chi connectivity index (χ1n) is 9.09. The minimum atomic E-state index is -4.51. The highest BCUT2D eigenvalue weighted by molar-refractivity contribution is 6.02. The molecule has 0 radical (unpaired) electrons. The van der Waals surface area contributed by atoms with Crippen molar-refractivity contribution in [2.75, 3.05) is 10.6 Å². The number of carbonyl (C=O) groups is 1. The molecule has 0 saturated heterocycles. The number of hydrogen-bond acceptors (Lipinski definition) is 4. The maximum atomic E-state index is 12.9. The smallest absolute Gasteiger partial charge is 0.308 e. The van der Waals surface area contributed by atoms with Crippen LogP contribution in [-0.2, 0) is 6.18 Å². The molecule has 4 rings (SSSR count). The third-order valence-electron chi connectivity index (χ3n) is 4.41. The molecule has 0 unspecified atom stereocenters. The fourth-order valence-corrected chi connectivity index (χ4v) is 2.98. The maximum Gasteiger partial charge on any atom is 0.416 e. The van der Waals surface area contributed by atoms with Crippen LogP contribution < -0.4 is 10.6 Å². The summed E-state index contributed by atoms with van der Waals surface area (Å²) in [6.07, 6.45) is -4.51. The van der Waals surface area contributed by atoms with Crippen molar-refractivity contribution >= 4 is 17.4 Å². The van der Waals surface area contributed by atoms with E-state index >= 15 is 0 Å². The van der Waals surface area contributed by atoms with Gasteiger partial charge in [0.1, 0.15) is 0 Å². The Balaban J connectivity index is 1.60. The molecule has 0 fully saturated rings. The highest BCUT2D eigenvalue weighted by atomic mass is 19.4. The quantitative estimate of drug-likeness (QED) is 0.420. The van der Waals surface area contributed by atoms with Crippen LogP contribution in [0.25, 0.3) is 22.5 Å². The fourth-order valence-electron chi connectivity index (χ4n) is 2.98. The Morgan fingerprint density at radius 3 is 2.39 bits per heavy atom. The third-order valence-corrected chi connectivity index (χ3v) is 4.41. The topological polar surface area (TPSA) is 95.6 Å². The van der Waals surface area contributed by atoms with Gasteiger partial charge in [0.25, 0.3) is 0 Å². The molecule has 0 atom stereocenters. The van der Waals surface area contributed by atoms with E-state index in [1.54, 1.807) is 18.2 Å². The molecule has 1 aromatic heterocycles. The van der Waals surface area contributed by atoms with E-state index in [0.717, 1.165) is 23.3 Å². The monoisotopic (exact) mass is 424 g/mol. The predicted octanol–water partition coefficient (Wildman–Crippen LogP) is 5.20. The molecule has 0 spiro atoms. The summed E-state index contributed by atoms with van der Waals surface area (Å²) in [6.45, 7) is 0. The molecule has 4 aromatic rings. The van der Waals surface area contributed by atoms with Crippen LogP contribution in [0, 0.1) is 0 Å². The van der Waals surface area contributed by atoms with Crippen LogP contribution in [0.2, 0.25) is 0 Å². The van der Waals surface area contributed by atoms with E-state index < -0.39 is 17.8 Å². The summed E-state index contributed by atoms with van der Waals surface area (Å²) in [7, 11) is 0. The van der Waals surface area contributed by atoms with Gasteiger partial charge >= 0.3 is 12.2 Å². The van der Waals surface area contributed by atoms with Crippen LogP contribution in [-0.4, -0.2) is 26.7 Å². The average Bonchev–Trinajstić information content (AvgIpc) is 3.29. The zero-order valence-electron chi connectivity index (χ0n) is 15.8. The number of hydrogen-bond donors (Lipinski definition) is 3. The van der Waals surface area contributed by atoms with Crippen molar-refractivity contribution in [3.63, 3.8) is 0 Å². The highest BCUT2D eigenvalue weighted by Gasteiger charge is 2.30. The van der Waals surface area contributed by atoms with Crippen molar-refractivity contribution in [3.05, 3.63) is 78.4 Å². The molecule has 0 aliphatic heterocycles. The lowest BCUT2D eigenvalue weighted by Gasteiger charge is -2.13. The van der Waals surface area contributed by atoms with Crippen LogP contribution >= 0.6 is 0 Å². The molecule has 0 aliphatic carbocycles. The molecule has 0 bridgehead atoms. The Kier molecular flexibility index (Phi) is 5.35. The van der Waals surface area contributed by atoms with E-state index in [2.05, 4.69) is 31.3 Å². The van der Waals surface area contributed by atoms with Crippen molar-refractivity contribution in [2.45, 2.75) is 6.18 Å². The van der Waals surface area contributed by atoms with E-state index in [9.17, 15) is 18.0 Å². The number of alkyl halides is 3. The number of nitrogens with zero attached hydrogens (tertiary/aromatic N) is 3. The summed E-state index contributed by atoms with van der Waals surface area (Å²) in [5.74, 6) is 0.257. The molecule has 31 heavy (non-hydrogen) atoms. The number of nitrogens with one attached hydrogen (secondary N) is 3. The standard InChI is InChI=1S/C21H15F3N6O/c22-21(23,24)15-7-4-8-16(12-15)25-20(31)26-18-10-9-14(13-5-2-1-3-6-13)11-17(18)19-27-29-30-28-19/h1-12H,(H2,25,26,31)(H,27,28,29,30). The van der Waals surface area contributed by atoms with Crippen molar-refractivity contribution in [2.24, 2.45) is 0 Å². The Bertz CT molecular complexity index is 1190. The number of rotatable bonds is 4. The molecular weight excluding hydrogens is 409 g/mol. The zero-order chi connectivity index (χ0) is 21.8. The molecule has 1 heterocycles. The number of urea groups is 1. The fraction of sp³-hybridized carbons (Fsp3) is 0.0476. The molecule has 10 heteroatoms. The molecular formula is C21H15F3N6O. The van der Waals surface area contributed by atoms with Gasteiger partial charge in [-0.15, -0.1) is 10.2 Å². The van der Waals surface area contributed by atoms with E-state index in [4.69, 9.17) is 0 Å². The number of benzene rings is 3. The predicted molar refractivity (Wildman–Crippen MR) is 109 cm³/mol. The minimum absolute atomic E-state index is 0.00865. The number of aromatic nitrogens is 4. The number of halogens is 3. The molecule has 156 valence electrons. The lowest BCUT2D eigenvalue weighted by atomic mass is 10.0. The van der Waals surface area contributed by atoms with Crippen molar-refractivity contribution in [1.29, 1.82) is 0 Å². The van der Waals surface area contributed by atoms with Gasteiger partial charge in [0, 0.05) is 11.3 Å². The molecule has 2 amide bonds. The molecule has 3 N–H and O–H groups in total. The lowest BCUT2D eigenvalue weighted by molar-refractivity contribution is -0.137. The number of tetrazole rings is 1. The van der Waals surface area contributed by atoms with Gasteiger partial charge in [-0.05, 0) is 46.7 Å². The van der Waals surface area contributed by atoms with E-state index in [-0.39, 0.29) is 11.5 Å². The van der Waals surface area contributed by atoms with Gasteiger partial charge in [0.15, 0.2) is 0 Å². The van der Waals surface area contributed by atoms with Crippen molar-refractivity contribution < 1.29 is 18.0 Å². The van der Waals surface area contributed by atoms with Crippen LogP contribution in [0.15, 0.2) is 72.8 Å². The summed E-state index contributed by atoms with van der Waals surface area (Å²) >= 11 is 0. The van der Waals surface area contributed by atoms with E-state index in [0.29, 0.717) is 11.3 Å². The minimum Gasteiger partial charge on any atom is -0.308 e. The van der Waals surface area contributed by atoms with Gasteiger partial charge in [-0.1, -0.05) is 42.5 Å². The largest absolute Gasteiger partial charge is 0.416 e. The first-order valence-corrected chi connectivity index (χ1v) is 9.09. The second kappa shape index (κ2) is 8.27. The Morgan fingerprint density at radius 1 is 0.871 bits per heavy atom. The van der Waals surface area contributed by atoms with Crippen LogP contribution in [0.5, 0.6) is 0 Å². The van der Waals surface area contributed by atoms with Crippen molar-refractivity contribution in [3.8, 4) is 22.5 Å². The number of aromatic amines is 1. The van der Waals surface area contributed by atoms with Gasteiger partial charge < -0.3 is 10.6 Å². The first-order chi connectivity index (χ1) is 14.9. The average molecular weight is 424 g/mol. The zero-order valence-corrected chi connectivity index (χ0v) is 15.8. The van der Waals surface area contributed by atoms with Crippen LogP contribution in [0.3, 0.4) is 0 Å². The summed E-state index contributed by atoms with van der Waals surface area (Å²) in [5.41, 5.74) is 1.83. The molecule has 3 aromatic carbocycles. The second-order valence-electron chi connectivity index (χ2n) is 6.52. The summed E-state index contributed by atoms with van der Waals surface area (Å²) in [6, 6.07) is 18.5. The summed E-state index contributed by atoms with van der Waals surface area (Å²) in [5, 5.41) is 18.9. The Hall–Kier alpha value is -4.21. The summed E-state index contributed by atoms with van der Waals surface area (Å²) in [4.78, 5) is 12.5. The lowest BCUT2D eigenvalue weighted by Crippen LogP contribution is -2.20. The van der Waals surface area contributed by atoms with Crippen LogP contribution in [0.4, 0.5) is 29.3 Å². The maximum absolute atomic E-state index is 12.9. The number of amides is 2. The molecule has 7 nitrogen and oxygen atoms in total. The highest BCUT2D eigenvalue weighted by Crippen LogP contribution is 2.32. The number of H-pyrrole nitrogens is 1. The van der Waals surface area contributed by atoms with E-state index in [1.807, 2.05) is 30.3 Å². The van der Waals surface area contributed by atoms with Crippen LogP contribution in [0.1, 0.15) is 5.56 Å². The summed E-state index contributed by atoms with van der Waals surface area (Å²) < 4.78 is 38.7. The SMILES string of the molecule is O=C(Nc1cccc(C(F)(F)F)c1)Nc1ccc(-c2ccccc2)cc1-c1nn[nH]n1. The Morgan fingerprint density at radius 2 is 1.68 bits per heavy atom. The number of anilines is 2.